The molecule has 3 aromatic carbocycles. The number of nitrogens with zero attached hydrogens (tertiary/aromatic N) is 1. The predicted molar refractivity (Wildman–Crippen MR) is 186 cm³/mol. The zero-order valence-corrected chi connectivity index (χ0v) is 30.9. The second kappa shape index (κ2) is 14.7. The number of carbonyl (C=O) groups is 1. The number of nitrogens with one attached hydrogen (secondary N) is 2. The minimum Gasteiger partial charge on any atom is -0.457 e. The summed E-state index contributed by atoms with van der Waals surface area (Å²) in [5.41, 5.74) is 3.78. The van der Waals surface area contributed by atoms with Crippen molar-refractivity contribution < 1.29 is 34.8 Å². The Morgan fingerprint density at radius 2 is 1.57 bits per heavy atom. The van der Waals surface area contributed by atoms with Gasteiger partial charge in [0, 0.05) is 25.6 Å². The number of halogens is 1. The lowest BCUT2D eigenvalue weighted by molar-refractivity contribution is 0.0535. The first-order valence-corrected chi connectivity index (χ1v) is 21.6. The Morgan fingerprint density at radius 3 is 2.17 bits per heavy atom. The van der Waals surface area contributed by atoms with Gasteiger partial charge in [0.1, 0.15) is 6.61 Å². The first-order valence-electron chi connectivity index (χ1n) is 13.3. The van der Waals surface area contributed by atoms with E-state index in [4.69, 9.17) is 21.5 Å². The van der Waals surface area contributed by atoms with Crippen LogP contribution in [0.2, 0.25) is 5.02 Å². The van der Waals surface area contributed by atoms with Gasteiger partial charge in [-0.15, -0.1) is 11.3 Å². The number of ether oxygens (including phenoxy) is 1. The molecule has 5 rings (SSSR count). The van der Waals surface area contributed by atoms with Crippen LogP contribution >= 0.6 is 46.5 Å². The Kier molecular flexibility index (Phi) is 11.6. The first-order chi connectivity index (χ1) is 21.8. The number of esters is 1. The highest BCUT2D eigenvalue weighted by atomic mass is 35.5. The van der Waals surface area contributed by atoms with Crippen LogP contribution in [0.3, 0.4) is 0 Å². The molecule has 0 saturated heterocycles. The third-order valence-electron chi connectivity index (χ3n) is 6.05. The predicted octanol–water partition coefficient (Wildman–Crippen LogP) is 5.72. The molecule has 1 aliphatic rings. The second-order valence-electron chi connectivity index (χ2n) is 10.1. The molecule has 0 atom stereocenters. The summed E-state index contributed by atoms with van der Waals surface area (Å²) >= 11 is 10.2. The lowest BCUT2D eigenvalue weighted by atomic mass is 10.1. The van der Waals surface area contributed by atoms with E-state index in [1.165, 1.54) is 41.3 Å². The number of thiazole rings is 1. The number of anilines is 2. The number of hydrogen-bond donors (Lipinski definition) is 3. The molecule has 0 bridgehead atoms. The van der Waals surface area contributed by atoms with Gasteiger partial charge in [0.2, 0.25) is 30.1 Å². The van der Waals surface area contributed by atoms with Crippen LogP contribution in [0.4, 0.5) is 11.4 Å². The van der Waals surface area contributed by atoms with Crippen molar-refractivity contribution in [3.8, 4) is 0 Å². The van der Waals surface area contributed by atoms with E-state index < -0.39 is 30.1 Å². The Hall–Kier alpha value is -2.84. The van der Waals surface area contributed by atoms with Crippen molar-refractivity contribution in [3.63, 3.8) is 0 Å². The molecule has 0 amide bonds. The van der Waals surface area contributed by atoms with Crippen LogP contribution in [0.5, 0.6) is 0 Å². The quantitative estimate of drug-likeness (QED) is 0.167. The molecule has 0 radical (unpaired) electrons. The van der Waals surface area contributed by atoms with Crippen LogP contribution in [0.15, 0.2) is 77.8 Å². The fourth-order valence-corrected chi connectivity index (χ4v) is 9.13. The molecule has 19 heteroatoms. The number of carbonyl (C=O) groups excluding carboxylic acids is 1. The molecule has 1 aromatic heterocycles. The smallest absolute Gasteiger partial charge is 0.338 e. The summed E-state index contributed by atoms with van der Waals surface area (Å²) in [4.78, 5) is 17.7. The Balaban J connectivity index is 0.000000213. The van der Waals surface area contributed by atoms with E-state index in [-0.39, 0.29) is 23.2 Å². The molecular weight excluding hydrogens is 748 g/mol. The van der Waals surface area contributed by atoms with Crippen molar-refractivity contribution >= 4 is 93.9 Å². The van der Waals surface area contributed by atoms with Crippen LogP contribution in [0, 0.1) is 6.92 Å². The van der Waals surface area contributed by atoms with Crippen LogP contribution in [-0.4, -0.2) is 48.7 Å². The molecule has 12 nitrogen and oxygen atoms in total. The fraction of sp³-hybridized carbons (Fsp3) is 0.214. The summed E-state index contributed by atoms with van der Waals surface area (Å²) in [5.74, 6) is -0.388. The highest BCUT2D eigenvalue weighted by Gasteiger charge is 2.25. The zero-order chi connectivity index (χ0) is 34.7. The van der Waals surface area contributed by atoms with E-state index in [2.05, 4.69) is 14.4 Å². The number of aryl methyl sites for hydroxylation is 2. The number of cyclic esters (lactones) is 1. The summed E-state index contributed by atoms with van der Waals surface area (Å²) in [6.45, 7) is 4.07. The van der Waals surface area contributed by atoms with Gasteiger partial charge in [-0.1, -0.05) is 48.1 Å². The number of hydrogen-bond acceptors (Lipinski definition) is 12. The molecule has 0 fully saturated rings. The van der Waals surface area contributed by atoms with Gasteiger partial charge in [-0.3, -0.25) is 9.44 Å². The van der Waals surface area contributed by atoms with Crippen molar-refractivity contribution in [3.05, 3.63) is 81.3 Å². The third kappa shape index (κ3) is 10.6. The lowest BCUT2D eigenvalue weighted by Gasteiger charge is -2.13. The highest BCUT2D eigenvalue weighted by molar-refractivity contribution is 8.01. The molecule has 0 unspecified atom stereocenters. The number of sulfonamides is 3. The van der Waals surface area contributed by atoms with Crippen molar-refractivity contribution in [1.29, 1.82) is 0 Å². The maximum atomic E-state index is 11.7. The minimum atomic E-state index is -3.92. The topological polar surface area (TPSA) is 192 Å². The summed E-state index contributed by atoms with van der Waals surface area (Å²) in [6.07, 6.45) is 2.94. The molecule has 0 aliphatic carbocycles. The number of nitrogens with two attached hydrogens (primary N) is 1. The number of benzene rings is 3. The number of primary sulfonamides is 1. The Bertz CT molecular complexity index is 2170. The van der Waals surface area contributed by atoms with Crippen LogP contribution < -0.4 is 14.6 Å². The third-order valence-corrected chi connectivity index (χ3v) is 11.7. The zero-order valence-electron chi connectivity index (χ0n) is 25.2. The van der Waals surface area contributed by atoms with Gasteiger partial charge in [-0.25, -0.2) is 40.2 Å². The van der Waals surface area contributed by atoms with E-state index in [0.29, 0.717) is 36.5 Å². The molecule has 1 aliphatic heterocycles. The first kappa shape index (κ1) is 37.0. The van der Waals surface area contributed by atoms with Gasteiger partial charge in [-0.2, -0.15) is 0 Å². The monoisotopic (exact) mass is 776 g/mol. The number of rotatable bonds is 10. The van der Waals surface area contributed by atoms with E-state index >= 15 is 0 Å². The van der Waals surface area contributed by atoms with Gasteiger partial charge < -0.3 is 4.74 Å². The van der Waals surface area contributed by atoms with E-state index in [0.717, 1.165) is 46.3 Å². The van der Waals surface area contributed by atoms with Crippen molar-refractivity contribution in [2.45, 2.75) is 50.8 Å². The molecule has 47 heavy (non-hydrogen) atoms. The van der Waals surface area contributed by atoms with Gasteiger partial charge in [0.25, 0.3) is 0 Å². The Labute approximate surface area is 291 Å². The van der Waals surface area contributed by atoms with Crippen LogP contribution in [0.25, 0.3) is 0 Å². The van der Waals surface area contributed by atoms with Gasteiger partial charge in [0.05, 0.1) is 45.1 Å². The molecule has 0 spiro atoms. The molecular formula is C28H29ClN4O8S6. The summed E-state index contributed by atoms with van der Waals surface area (Å²) in [7, 11) is -10.9. The molecule has 2 heterocycles. The van der Waals surface area contributed by atoms with Gasteiger partial charge in [0.15, 0.2) is 4.34 Å². The number of aromatic nitrogens is 1. The standard InChI is InChI=1S/C14H15ClN2O4S3.C14H14N2O4S3/c1-9-3-6-13(11(15)7-9)22-14-8-10(24(16,20)21)4-5-12(14)17-23(2,18)19;1-3-9-7-21-14(15-9)22-12-5-10-8(6-20-13(10)17)4-11(12)16-23(2,18)19/h3-8,17H,1-2H3,(H2,16,20,21);4-5,7,16H,3,6H2,1-2H3. The maximum Gasteiger partial charge on any atom is 0.338 e. The average molecular weight is 777 g/mol. The lowest BCUT2D eigenvalue weighted by Crippen LogP contribution is -2.14. The van der Waals surface area contributed by atoms with Crippen molar-refractivity contribution in [1.82, 2.24) is 4.98 Å². The van der Waals surface area contributed by atoms with E-state index in [9.17, 15) is 30.0 Å². The van der Waals surface area contributed by atoms with Crippen LogP contribution in [-0.2, 0) is 47.8 Å². The van der Waals surface area contributed by atoms with Gasteiger partial charge in [-0.05, 0) is 61.4 Å². The largest absolute Gasteiger partial charge is 0.457 e. The fourth-order valence-electron chi connectivity index (χ4n) is 3.97. The van der Waals surface area contributed by atoms with Crippen LogP contribution in [0.1, 0.15) is 34.1 Å². The summed E-state index contributed by atoms with van der Waals surface area (Å²) < 4.78 is 79.9. The molecule has 0 saturated carbocycles. The van der Waals surface area contributed by atoms with Crippen molar-refractivity contribution in [2.24, 2.45) is 5.14 Å². The maximum absolute atomic E-state index is 11.7. The van der Waals surface area contributed by atoms with E-state index in [1.807, 2.05) is 25.3 Å². The molecule has 4 N–H and O–H groups in total. The van der Waals surface area contributed by atoms with Crippen molar-refractivity contribution in [2.75, 3.05) is 22.0 Å². The van der Waals surface area contributed by atoms with E-state index in [1.54, 1.807) is 24.3 Å². The SMILES string of the molecule is CCc1csc(Sc2cc3c(cc2NS(C)(=O)=O)COC3=O)n1.Cc1ccc(Sc2cc(S(N)(=O)=O)ccc2NS(C)(=O)=O)c(Cl)c1. The minimum absolute atomic E-state index is 0.118. The molecule has 252 valence electrons. The Morgan fingerprint density at radius 1 is 0.915 bits per heavy atom. The summed E-state index contributed by atoms with van der Waals surface area (Å²) in [6, 6.07) is 12.6. The average Bonchev–Trinajstić information content (AvgIpc) is 3.55. The molecule has 4 aromatic rings. The van der Waals surface area contributed by atoms with Gasteiger partial charge >= 0.3 is 5.97 Å². The highest BCUT2D eigenvalue weighted by Crippen LogP contribution is 2.40. The normalized spacial score (nSPS) is 12.9. The second-order valence-corrected chi connectivity index (χ2v) is 18.8. The number of fused-ring (bicyclic) bond motifs is 1. The summed E-state index contributed by atoms with van der Waals surface area (Å²) in [5, 5.41) is 7.59.